The van der Waals surface area contributed by atoms with Crippen molar-refractivity contribution >= 4 is 33.8 Å². The van der Waals surface area contributed by atoms with Gasteiger partial charge in [-0.1, -0.05) is 24.8 Å². The molecule has 0 unspecified atom stereocenters. The molecule has 3 aromatic rings. The maximum atomic E-state index is 12.7. The molecule has 7 heteroatoms. The third kappa shape index (κ3) is 5.21. The summed E-state index contributed by atoms with van der Waals surface area (Å²) >= 11 is 0. The first-order valence-electron chi connectivity index (χ1n) is 11.6. The number of amides is 1. The van der Waals surface area contributed by atoms with Gasteiger partial charge in [0.1, 0.15) is 5.82 Å². The van der Waals surface area contributed by atoms with Crippen LogP contribution in [-0.4, -0.2) is 59.1 Å². The minimum absolute atomic E-state index is 0.0214. The Kier molecular flexibility index (Phi) is 7.14. The van der Waals surface area contributed by atoms with Crippen molar-refractivity contribution in [3.8, 4) is 0 Å². The number of aliphatic hydroxyl groups is 1. The largest absolute Gasteiger partial charge is 0.392 e. The number of aromatic amines is 1. The van der Waals surface area contributed by atoms with Crippen LogP contribution in [0.1, 0.15) is 36.7 Å². The van der Waals surface area contributed by atoms with Gasteiger partial charge < -0.3 is 25.2 Å². The minimum atomic E-state index is -0.317. The third-order valence-corrected chi connectivity index (χ3v) is 6.57. The van der Waals surface area contributed by atoms with E-state index in [1.807, 2.05) is 37.3 Å². The number of benzene rings is 2. The normalized spacial score (nSPS) is 15.2. The predicted molar refractivity (Wildman–Crippen MR) is 138 cm³/mol. The van der Waals surface area contributed by atoms with Crippen molar-refractivity contribution in [2.24, 2.45) is 0 Å². The molecule has 0 saturated carbocycles. The zero-order valence-corrected chi connectivity index (χ0v) is 20.1. The van der Waals surface area contributed by atoms with E-state index >= 15 is 0 Å². The van der Waals surface area contributed by atoms with Crippen LogP contribution in [0.2, 0.25) is 0 Å². The van der Waals surface area contributed by atoms with Crippen molar-refractivity contribution in [1.82, 2.24) is 20.2 Å². The van der Waals surface area contributed by atoms with Gasteiger partial charge in [-0.2, -0.15) is 0 Å². The summed E-state index contributed by atoms with van der Waals surface area (Å²) in [5, 5.41) is 12.1. The minimum Gasteiger partial charge on any atom is -0.392 e. The Bertz CT molecular complexity index is 1220. The Morgan fingerprint density at radius 1 is 1.26 bits per heavy atom. The van der Waals surface area contributed by atoms with E-state index in [0.29, 0.717) is 11.9 Å². The van der Waals surface area contributed by atoms with Crippen LogP contribution in [-0.2, 0) is 11.4 Å². The second-order valence-corrected chi connectivity index (χ2v) is 9.11. The monoisotopic (exact) mass is 459 g/mol. The second-order valence-electron chi connectivity index (χ2n) is 9.11. The van der Waals surface area contributed by atoms with Gasteiger partial charge in [-0.3, -0.25) is 4.79 Å². The lowest BCUT2D eigenvalue weighted by atomic mass is 10.0. The summed E-state index contributed by atoms with van der Waals surface area (Å²) in [6, 6.07) is 14.4. The molecule has 3 N–H and O–H groups in total. The topological polar surface area (TPSA) is 84.5 Å². The average molecular weight is 460 g/mol. The van der Waals surface area contributed by atoms with Crippen LogP contribution in [0.5, 0.6) is 0 Å². The molecule has 1 fully saturated rings. The number of anilines is 1. The maximum Gasteiger partial charge on any atom is 0.258 e. The third-order valence-electron chi connectivity index (χ3n) is 6.57. The summed E-state index contributed by atoms with van der Waals surface area (Å²) in [5.74, 6) is 0.145. The first kappa shape index (κ1) is 23.7. The number of carbonyl (C=O) groups is 1. The van der Waals surface area contributed by atoms with Crippen molar-refractivity contribution in [3.63, 3.8) is 0 Å². The van der Waals surface area contributed by atoms with Crippen LogP contribution in [0.25, 0.3) is 22.2 Å². The van der Waals surface area contributed by atoms with Crippen molar-refractivity contribution in [2.45, 2.75) is 32.4 Å². The molecule has 1 aromatic heterocycles. The van der Waals surface area contributed by atoms with Crippen LogP contribution >= 0.6 is 0 Å². The lowest BCUT2D eigenvalue weighted by molar-refractivity contribution is -0.114. The smallest absolute Gasteiger partial charge is 0.258 e. The zero-order chi connectivity index (χ0) is 24.2. The molecule has 1 amide bonds. The van der Waals surface area contributed by atoms with Gasteiger partial charge in [0.25, 0.3) is 5.91 Å². The molecule has 0 bridgehead atoms. The number of imidazole rings is 1. The molecule has 1 saturated heterocycles. The highest BCUT2D eigenvalue weighted by Crippen LogP contribution is 2.26. The number of nitrogens with zero attached hydrogens (tertiary/aromatic N) is 3. The van der Waals surface area contributed by atoms with Gasteiger partial charge in [0.2, 0.25) is 0 Å². The van der Waals surface area contributed by atoms with Gasteiger partial charge in [-0.15, -0.1) is 0 Å². The molecular formula is C27H33N5O2. The predicted octanol–water partition coefficient (Wildman–Crippen LogP) is 3.78. The second kappa shape index (κ2) is 10.2. The van der Waals surface area contributed by atoms with E-state index in [2.05, 4.69) is 57.9 Å². The van der Waals surface area contributed by atoms with E-state index < -0.39 is 0 Å². The molecule has 1 aliphatic rings. The Morgan fingerprint density at radius 2 is 2.03 bits per heavy atom. The van der Waals surface area contributed by atoms with Crippen LogP contribution in [0.4, 0.5) is 5.69 Å². The number of hydrogen-bond acceptors (Lipinski definition) is 5. The number of H-pyrrole nitrogens is 1. The van der Waals surface area contributed by atoms with E-state index in [4.69, 9.17) is 0 Å². The lowest BCUT2D eigenvalue weighted by Crippen LogP contribution is -2.41. The molecule has 1 aliphatic heterocycles. The fourth-order valence-corrected chi connectivity index (χ4v) is 4.34. The van der Waals surface area contributed by atoms with Crippen LogP contribution in [0, 0.1) is 0 Å². The summed E-state index contributed by atoms with van der Waals surface area (Å²) < 4.78 is 0. The molecule has 178 valence electrons. The maximum absolute atomic E-state index is 12.7. The number of piperidine rings is 1. The van der Waals surface area contributed by atoms with E-state index in [9.17, 15) is 9.90 Å². The van der Waals surface area contributed by atoms with Crippen LogP contribution in [0.15, 0.2) is 55.2 Å². The number of carbonyl (C=O) groups excluding carboxylic acids is 1. The summed E-state index contributed by atoms with van der Waals surface area (Å²) in [6.07, 6.45) is 3.95. The molecule has 34 heavy (non-hydrogen) atoms. The summed E-state index contributed by atoms with van der Waals surface area (Å²) in [4.78, 5) is 25.3. The number of aromatic nitrogens is 2. The van der Waals surface area contributed by atoms with Crippen LogP contribution < -0.4 is 10.2 Å². The summed E-state index contributed by atoms with van der Waals surface area (Å²) in [6.45, 7) is 7.89. The molecule has 0 atom stereocenters. The van der Waals surface area contributed by atoms with Gasteiger partial charge in [-0.05, 0) is 74.8 Å². The Labute approximate surface area is 200 Å². The van der Waals surface area contributed by atoms with E-state index in [1.54, 1.807) is 6.20 Å². The number of rotatable bonds is 7. The number of fused-ring (bicyclic) bond motifs is 1. The fourth-order valence-electron chi connectivity index (χ4n) is 4.34. The van der Waals surface area contributed by atoms with Gasteiger partial charge >= 0.3 is 0 Å². The Hall–Kier alpha value is -3.42. The molecular weight excluding hydrogens is 426 g/mol. The Balaban J connectivity index is 1.43. The van der Waals surface area contributed by atoms with Crippen molar-refractivity contribution in [1.29, 1.82) is 0 Å². The molecule has 0 spiro atoms. The van der Waals surface area contributed by atoms with Crippen molar-refractivity contribution < 1.29 is 9.90 Å². The number of nitrogens with one attached hydrogen (secondary N) is 2. The van der Waals surface area contributed by atoms with Crippen molar-refractivity contribution in [2.75, 3.05) is 32.1 Å². The average Bonchev–Trinajstić information content (AvgIpc) is 3.30. The van der Waals surface area contributed by atoms with E-state index in [0.717, 1.165) is 53.7 Å². The van der Waals surface area contributed by atoms with Crippen molar-refractivity contribution in [3.05, 3.63) is 72.2 Å². The first-order chi connectivity index (χ1) is 16.4. The van der Waals surface area contributed by atoms with Gasteiger partial charge in [0.15, 0.2) is 0 Å². The highest BCUT2D eigenvalue weighted by atomic mass is 16.3. The number of aliphatic hydroxyl groups excluding tert-OH is 1. The number of allylic oxidation sites excluding steroid dienone is 1. The lowest BCUT2D eigenvalue weighted by Gasteiger charge is -2.36. The molecule has 0 radical (unpaired) electrons. The molecule has 2 aromatic carbocycles. The zero-order valence-electron chi connectivity index (χ0n) is 20.1. The van der Waals surface area contributed by atoms with E-state index in [1.165, 1.54) is 5.69 Å². The van der Waals surface area contributed by atoms with Gasteiger partial charge in [0.05, 0.1) is 23.2 Å². The fraction of sp³-hybridized carbons (Fsp3) is 0.333. The first-order valence-corrected chi connectivity index (χ1v) is 11.6. The number of hydrogen-bond donors (Lipinski definition) is 3. The summed E-state index contributed by atoms with van der Waals surface area (Å²) in [5.41, 5.74) is 5.78. The quantitative estimate of drug-likeness (QED) is 0.469. The standard InChI is InChI=1S/C27H33N5O2/c1-18(21-7-5-6-20(14-21)17-33)16-28-27(34)19(2)26-29-24-9-8-23(15-25(24)30-26)32-12-10-22(11-13-32)31(3)4/h5-9,14-16,22,33H,2,10-13,17H2,1,3-4H3,(H,28,34)(H,29,30)/b18-16+. The molecule has 2 heterocycles. The SMILES string of the molecule is C=C(C(=O)N/C=C(\C)c1cccc(CO)c1)c1nc2ccc(N3CCC(N(C)C)CC3)cc2[nH]1. The van der Waals surface area contributed by atoms with Gasteiger partial charge in [0, 0.05) is 31.0 Å². The van der Waals surface area contributed by atoms with Gasteiger partial charge in [-0.25, -0.2) is 4.98 Å². The molecule has 7 nitrogen and oxygen atoms in total. The highest BCUT2D eigenvalue weighted by Gasteiger charge is 2.21. The van der Waals surface area contributed by atoms with Crippen LogP contribution in [0.3, 0.4) is 0 Å². The Morgan fingerprint density at radius 3 is 2.74 bits per heavy atom. The molecule has 4 rings (SSSR count). The van der Waals surface area contributed by atoms with E-state index in [-0.39, 0.29) is 18.1 Å². The summed E-state index contributed by atoms with van der Waals surface area (Å²) in [7, 11) is 4.29. The highest BCUT2D eigenvalue weighted by molar-refractivity contribution is 6.18. The molecule has 0 aliphatic carbocycles.